The molecule has 2 aromatic carbocycles. The Labute approximate surface area is 103 Å². The van der Waals surface area contributed by atoms with Crippen molar-refractivity contribution in [2.24, 2.45) is 0 Å². The SMILES string of the molecule is C=C[C@@H](Cc1ccccc1)c1ccccc1N. The van der Waals surface area contributed by atoms with Crippen molar-refractivity contribution in [3.05, 3.63) is 78.4 Å². The minimum Gasteiger partial charge on any atom is -0.398 e. The van der Waals surface area contributed by atoms with Crippen LogP contribution in [0.15, 0.2) is 67.3 Å². The van der Waals surface area contributed by atoms with Crippen molar-refractivity contribution >= 4 is 5.69 Å². The fourth-order valence-corrected chi connectivity index (χ4v) is 2.04. The van der Waals surface area contributed by atoms with Crippen molar-refractivity contribution in [3.8, 4) is 0 Å². The van der Waals surface area contributed by atoms with E-state index < -0.39 is 0 Å². The van der Waals surface area contributed by atoms with Crippen LogP contribution < -0.4 is 5.73 Å². The molecule has 2 aromatic rings. The van der Waals surface area contributed by atoms with E-state index in [4.69, 9.17) is 5.73 Å². The van der Waals surface area contributed by atoms with Gasteiger partial charge in [-0.05, 0) is 23.6 Å². The van der Waals surface area contributed by atoms with E-state index in [1.807, 2.05) is 30.3 Å². The molecule has 0 aliphatic carbocycles. The molecule has 0 bridgehead atoms. The molecule has 0 heterocycles. The van der Waals surface area contributed by atoms with E-state index in [1.54, 1.807) is 0 Å². The summed E-state index contributed by atoms with van der Waals surface area (Å²) in [7, 11) is 0. The maximum absolute atomic E-state index is 6.00. The van der Waals surface area contributed by atoms with Crippen molar-refractivity contribution in [2.75, 3.05) is 5.73 Å². The van der Waals surface area contributed by atoms with E-state index in [2.05, 4.69) is 36.9 Å². The molecule has 0 amide bonds. The van der Waals surface area contributed by atoms with Crippen molar-refractivity contribution in [3.63, 3.8) is 0 Å². The summed E-state index contributed by atoms with van der Waals surface area (Å²) in [5, 5.41) is 0. The van der Waals surface area contributed by atoms with Gasteiger partial charge in [-0.1, -0.05) is 54.6 Å². The summed E-state index contributed by atoms with van der Waals surface area (Å²) >= 11 is 0. The molecule has 2 N–H and O–H groups in total. The Morgan fingerprint density at radius 2 is 1.65 bits per heavy atom. The average Bonchev–Trinajstić information content (AvgIpc) is 2.38. The lowest BCUT2D eigenvalue weighted by Gasteiger charge is -2.15. The molecule has 0 radical (unpaired) electrons. The zero-order chi connectivity index (χ0) is 12.1. The van der Waals surface area contributed by atoms with Gasteiger partial charge in [-0.25, -0.2) is 0 Å². The number of hydrogen-bond acceptors (Lipinski definition) is 1. The highest BCUT2D eigenvalue weighted by molar-refractivity contribution is 5.50. The third-order valence-electron chi connectivity index (χ3n) is 2.98. The monoisotopic (exact) mass is 223 g/mol. The van der Waals surface area contributed by atoms with E-state index >= 15 is 0 Å². The lowest BCUT2D eigenvalue weighted by atomic mass is 9.91. The molecule has 86 valence electrons. The summed E-state index contributed by atoms with van der Waals surface area (Å²) in [5.41, 5.74) is 9.31. The zero-order valence-corrected chi connectivity index (χ0v) is 9.84. The van der Waals surface area contributed by atoms with Crippen LogP contribution in [-0.4, -0.2) is 0 Å². The Balaban J connectivity index is 2.24. The molecule has 1 heteroatoms. The molecule has 0 unspecified atom stereocenters. The van der Waals surface area contributed by atoms with Crippen molar-refractivity contribution in [1.29, 1.82) is 0 Å². The van der Waals surface area contributed by atoms with Gasteiger partial charge in [0.15, 0.2) is 0 Å². The summed E-state index contributed by atoms with van der Waals surface area (Å²) in [4.78, 5) is 0. The quantitative estimate of drug-likeness (QED) is 0.619. The van der Waals surface area contributed by atoms with Crippen LogP contribution >= 0.6 is 0 Å². The molecular formula is C16H17N. The summed E-state index contributed by atoms with van der Waals surface area (Å²) in [6, 6.07) is 18.4. The van der Waals surface area contributed by atoms with Crippen LogP contribution in [0.2, 0.25) is 0 Å². The summed E-state index contributed by atoms with van der Waals surface area (Å²) in [6.07, 6.45) is 2.91. The maximum Gasteiger partial charge on any atom is 0.0352 e. The van der Waals surface area contributed by atoms with Gasteiger partial charge in [0.25, 0.3) is 0 Å². The summed E-state index contributed by atoms with van der Waals surface area (Å²) < 4.78 is 0. The molecule has 0 saturated carbocycles. The predicted octanol–water partition coefficient (Wildman–Crippen LogP) is 3.78. The molecule has 0 aromatic heterocycles. The summed E-state index contributed by atoms with van der Waals surface area (Å²) in [6.45, 7) is 3.92. The van der Waals surface area contributed by atoms with Gasteiger partial charge in [0.1, 0.15) is 0 Å². The Hall–Kier alpha value is -2.02. The van der Waals surface area contributed by atoms with Crippen molar-refractivity contribution in [2.45, 2.75) is 12.3 Å². The first-order valence-corrected chi connectivity index (χ1v) is 5.82. The minimum atomic E-state index is 0.276. The van der Waals surface area contributed by atoms with E-state index in [0.29, 0.717) is 0 Å². The van der Waals surface area contributed by atoms with Crippen LogP contribution in [0.4, 0.5) is 5.69 Å². The van der Waals surface area contributed by atoms with Gasteiger partial charge in [-0.3, -0.25) is 0 Å². The van der Waals surface area contributed by atoms with Gasteiger partial charge in [-0.2, -0.15) is 0 Å². The number of para-hydroxylation sites is 1. The fourth-order valence-electron chi connectivity index (χ4n) is 2.04. The van der Waals surface area contributed by atoms with Crippen LogP contribution in [-0.2, 0) is 6.42 Å². The first-order valence-electron chi connectivity index (χ1n) is 5.82. The standard InChI is InChI=1S/C16H17N/c1-2-14(12-13-8-4-3-5-9-13)15-10-6-7-11-16(15)17/h2-11,14H,1,12,17H2/t14-/m0/s1. The number of rotatable bonds is 4. The molecule has 1 atom stereocenters. The van der Waals surface area contributed by atoms with E-state index in [0.717, 1.165) is 17.7 Å². The van der Waals surface area contributed by atoms with E-state index in [1.165, 1.54) is 5.56 Å². The van der Waals surface area contributed by atoms with Crippen LogP contribution in [0.1, 0.15) is 17.0 Å². The number of anilines is 1. The highest BCUT2D eigenvalue weighted by Gasteiger charge is 2.10. The first kappa shape index (κ1) is 11.5. The number of nitrogens with two attached hydrogens (primary N) is 1. The highest BCUT2D eigenvalue weighted by atomic mass is 14.6. The second-order valence-corrected chi connectivity index (χ2v) is 4.16. The number of hydrogen-bond donors (Lipinski definition) is 1. The largest absolute Gasteiger partial charge is 0.398 e. The molecule has 0 fully saturated rings. The zero-order valence-electron chi connectivity index (χ0n) is 9.84. The molecule has 0 aliphatic heterocycles. The fraction of sp³-hybridized carbons (Fsp3) is 0.125. The third kappa shape index (κ3) is 2.76. The van der Waals surface area contributed by atoms with E-state index in [-0.39, 0.29) is 5.92 Å². The second-order valence-electron chi connectivity index (χ2n) is 4.16. The van der Waals surface area contributed by atoms with Gasteiger partial charge >= 0.3 is 0 Å². The number of allylic oxidation sites excluding steroid dienone is 1. The molecule has 0 spiro atoms. The molecular weight excluding hydrogens is 206 g/mol. The molecule has 1 nitrogen and oxygen atoms in total. The van der Waals surface area contributed by atoms with Crippen molar-refractivity contribution in [1.82, 2.24) is 0 Å². The molecule has 17 heavy (non-hydrogen) atoms. The lowest BCUT2D eigenvalue weighted by molar-refractivity contribution is 0.841. The van der Waals surface area contributed by atoms with Crippen molar-refractivity contribution < 1.29 is 0 Å². The van der Waals surface area contributed by atoms with Gasteiger partial charge in [0.05, 0.1) is 0 Å². The van der Waals surface area contributed by atoms with Crippen LogP contribution in [0.5, 0.6) is 0 Å². The Kier molecular flexibility index (Phi) is 3.61. The Morgan fingerprint density at radius 1 is 1.00 bits per heavy atom. The smallest absolute Gasteiger partial charge is 0.0352 e. The normalized spacial score (nSPS) is 12.0. The molecule has 0 saturated heterocycles. The molecule has 2 rings (SSSR count). The third-order valence-corrected chi connectivity index (χ3v) is 2.98. The topological polar surface area (TPSA) is 26.0 Å². The van der Waals surface area contributed by atoms with Gasteiger partial charge < -0.3 is 5.73 Å². The van der Waals surface area contributed by atoms with Crippen LogP contribution in [0.25, 0.3) is 0 Å². The van der Waals surface area contributed by atoms with Gasteiger partial charge in [-0.15, -0.1) is 6.58 Å². The van der Waals surface area contributed by atoms with E-state index in [9.17, 15) is 0 Å². The van der Waals surface area contributed by atoms with Crippen LogP contribution in [0.3, 0.4) is 0 Å². The second kappa shape index (κ2) is 5.35. The lowest BCUT2D eigenvalue weighted by Crippen LogP contribution is -2.03. The first-order chi connectivity index (χ1) is 8.31. The average molecular weight is 223 g/mol. The number of benzene rings is 2. The Morgan fingerprint density at radius 3 is 2.29 bits per heavy atom. The Bertz CT molecular complexity index is 488. The van der Waals surface area contributed by atoms with Gasteiger partial charge in [0.2, 0.25) is 0 Å². The number of nitrogen functional groups attached to an aromatic ring is 1. The predicted molar refractivity (Wildman–Crippen MR) is 73.9 cm³/mol. The van der Waals surface area contributed by atoms with Crippen LogP contribution in [0, 0.1) is 0 Å². The molecule has 0 aliphatic rings. The highest BCUT2D eigenvalue weighted by Crippen LogP contribution is 2.26. The summed E-state index contributed by atoms with van der Waals surface area (Å²) in [5.74, 6) is 0.276. The minimum absolute atomic E-state index is 0.276. The maximum atomic E-state index is 6.00. The van der Waals surface area contributed by atoms with Gasteiger partial charge in [0, 0.05) is 11.6 Å².